The van der Waals surface area contributed by atoms with E-state index in [0.717, 1.165) is 10.4 Å². The standard InChI is InChI=1S/C24H25FN2O2S/c1-2-13-26(24(29)20-10-6-11-21(25)15-20)18-23(28)27(17-22-12-7-14-30-22)16-19-8-4-3-5-9-19/h3-12,14-15H,2,13,16-18H2,1H3. The minimum absolute atomic E-state index is 0.0403. The lowest BCUT2D eigenvalue weighted by molar-refractivity contribution is -0.133. The Morgan fingerprint density at radius 2 is 1.73 bits per heavy atom. The molecule has 0 unspecified atom stereocenters. The quantitative estimate of drug-likeness (QED) is 0.487. The number of carbonyl (C=O) groups excluding carboxylic acids is 2. The van der Waals surface area contributed by atoms with E-state index in [1.165, 1.54) is 23.1 Å². The second kappa shape index (κ2) is 10.7. The van der Waals surface area contributed by atoms with E-state index in [4.69, 9.17) is 0 Å². The highest BCUT2D eigenvalue weighted by atomic mass is 32.1. The summed E-state index contributed by atoms with van der Waals surface area (Å²) in [5.74, 6) is -0.932. The van der Waals surface area contributed by atoms with Gasteiger partial charge in [0.05, 0.1) is 6.54 Å². The molecule has 0 N–H and O–H groups in total. The zero-order valence-electron chi connectivity index (χ0n) is 17.0. The van der Waals surface area contributed by atoms with Crippen LogP contribution in [0.15, 0.2) is 72.1 Å². The number of rotatable bonds is 9. The molecule has 2 amide bonds. The summed E-state index contributed by atoms with van der Waals surface area (Å²) in [6.07, 6.45) is 0.706. The van der Waals surface area contributed by atoms with Gasteiger partial charge in [-0.15, -0.1) is 11.3 Å². The van der Waals surface area contributed by atoms with Crippen LogP contribution in [0.5, 0.6) is 0 Å². The van der Waals surface area contributed by atoms with Crippen LogP contribution in [0.1, 0.15) is 34.1 Å². The Bertz CT molecular complexity index is 960. The molecule has 0 spiro atoms. The highest BCUT2D eigenvalue weighted by Gasteiger charge is 2.23. The number of hydrogen-bond acceptors (Lipinski definition) is 3. The molecule has 3 rings (SSSR count). The first-order valence-corrected chi connectivity index (χ1v) is 10.8. The second-order valence-corrected chi connectivity index (χ2v) is 8.08. The molecule has 0 aliphatic carbocycles. The van der Waals surface area contributed by atoms with E-state index in [1.807, 2.05) is 54.8 Å². The highest BCUT2D eigenvalue weighted by Crippen LogP contribution is 2.16. The molecule has 4 nitrogen and oxygen atoms in total. The Balaban J connectivity index is 1.77. The summed E-state index contributed by atoms with van der Waals surface area (Å²) < 4.78 is 13.6. The molecule has 1 aromatic heterocycles. The zero-order chi connectivity index (χ0) is 21.3. The van der Waals surface area contributed by atoms with Crippen molar-refractivity contribution < 1.29 is 14.0 Å². The average molecular weight is 425 g/mol. The molecule has 0 bridgehead atoms. The second-order valence-electron chi connectivity index (χ2n) is 7.05. The van der Waals surface area contributed by atoms with Gasteiger partial charge in [-0.05, 0) is 41.6 Å². The lowest BCUT2D eigenvalue weighted by atomic mass is 10.1. The molecule has 0 fully saturated rings. The minimum Gasteiger partial charge on any atom is -0.332 e. The van der Waals surface area contributed by atoms with Gasteiger partial charge >= 0.3 is 0 Å². The van der Waals surface area contributed by atoms with Crippen LogP contribution in [0.3, 0.4) is 0 Å². The Kier molecular flexibility index (Phi) is 7.74. The maximum absolute atomic E-state index is 13.6. The van der Waals surface area contributed by atoms with Gasteiger partial charge in [-0.2, -0.15) is 0 Å². The maximum Gasteiger partial charge on any atom is 0.254 e. The summed E-state index contributed by atoms with van der Waals surface area (Å²) in [5.41, 5.74) is 1.28. The summed E-state index contributed by atoms with van der Waals surface area (Å²) in [6.45, 7) is 3.29. The Hall–Kier alpha value is -2.99. The van der Waals surface area contributed by atoms with E-state index in [9.17, 15) is 14.0 Å². The van der Waals surface area contributed by atoms with Crippen molar-refractivity contribution in [3.8, 4) is 0 Å². The maximum atomic E-state index is 13.6. The lowest BCUT2D eigenvalue weighted by Crippen LogP contribution is -2.42. The van der Waals surface area contributed by atoms with Crippen LogP contribution >= 0.6 is 11.3 Å². The molecule has 0 saturated heterocycles. The predicted octanol–water partition coefficient (Wildman–Crippen LogP) is 4.97. The van der Waals surface area contributed by atoms with Crippen LogP contribution in [0.4, 0.5) is 4.39 Å². The topological polar surface area (TPSA) is 40.6 Å². The van der Waals surface area contributed by atoms with Crippen LogP contribution in [0.25, 0.3) is 0 Å². The fourth-order valence-corrected chi connectivity index (χ4v) is 3.94. The van der Waals surface area contributed by atoms with Crippen LogP contribution in [-0.4, -0.2) is 34.7 Å². The van der Waals surface area contributed by atoms with E-state index in [0.29, 0.717) is 26.1 Å². The van der Waals surface area contributed by atoms with Crippen molar-refractivity contribution in [2.75, 3.05) is 13.1 Å². The largest absolute Gasteiger partial charge is 0.332 e. The molecule has 0 atom stereocenters. The Morgan fingerprint density at radius 3 is 2.40 bits per heavy atom. The summed E-state index contributed by atoms with van der Waals surface area (Å²) in [4.78, 5) is 30.5. The predicted molar refractivity (Wildman–Crippen MR) is 118 cm³/mol. The third-order valence-electron chi connectivity index (χ3n) is 4.67. The van der Waals surface area contributed by atoms with Gasteiger partial charge in [-0.3, -0.25) is 9.59 Å². The lowest BCUT2D eigenvalue weighted by Gasteiger charge is -2.27. The summed E-state index contributed by atoms with van der Waals surface area (Å²) >= 11 is 1.60. The van der Waals surface area contributed by atoms with E-state index >= 15 is 0 Å². The van der Waals surface area contributed by atoms with Gasteiger partial charge in [0, 0.05) is 23.5 Å². The summed E-state index contributed by atoms with van der Waals surface area (Å²) in [5, 5.41) is 1.98. The minimum atomic E-state index is -0.466. The van der Waals surface area contributed by atoms with Gasteiger partial charge in [-0.1, -0.05) is 49.4 Å². The van der Waals surface area contributed by atoms with Gasteiger partial charge < -0.3 is 9.80 Å². The number of thiophene rings is 1. The molecule has 0 radical (unpaired) electrons. The average Bonchev–Trinajstić information content (AvgIpc) is 3.26. The smallest absolute Gasteiger partial charge is 0.254 e. The van der Waals surface area contributed by atoms with Gasteiger partial charge in [-0.25, -0.2) is 4.39 Å². The Morgan fingerprint density at radius 1 is 0.933 bits per heavy atom. The highest BCUT2D eigenvalue weighted by molar-refractivity contribution is 7.09. The van der Waals surface area contributed by atoms with Crippen molar-refractivity contribution in [2.45, 2.75) is 26.4 Å². The van der Waals surface area contributed by atoms with Gasteiger partial charge in [0.25, 0.3) is 5.91 Å². The van der Waals surface area contributed by atoms with Crippen molar-refractivity contribution in [1.82, 2.24) is 9.80 Å². The van der Waals surface area contributed by atoms with E-state index in [2.05, 4.69) is 0 Å². The van der Waals surface area contributed by atoms with Crippen LogP contribution in [0.2, 0.25) is 0 Å². The number of benzene rings is 2. The first-order valence-electron chi connectivity index (χ1n) is 9.95. The van der Waals surface area contributed by atoms with Crippen molar-refractivity contribution in [3.05, 3.63) is 93.9 Å². The van der Waals surface area contributed by atoms with Crippen molar-refractivity contribution in [3.63, 3.8) is 0 Å². The monoisotopic (exact) mass is 424 g/mol. The third kappa shape index (κ3) is 6.00. The van der Waals surface area contributed by atoms with E-state index < -0.39 is 5.82 Å². The first-order chi connectivity index (χ1) is 14.6. The summed E-state index contributed by atoms with van der Waals surface area (Å²) in [7, 11) is 0. The van der Waals surface area contributed by atoms with Crippen molar-refractivity contribution in [1.29, 1.82) is 0 Å². The van der Waals surface area contributed by atoms with Gasteiger partial charge in [0.15, 0.2) is 0 Å². The molecule has 30 heavy (non-hydrogen) atoms. The van der Waals surface area contributed by atoms with Gasteiger partial charge in [0.2, 0.25) is 5.91 Å². The number of halogens is 1. The first kappa shape index (κ1) is 21.7. The SMILES string of the molecule is CCCN(CC(=O)N(Cc1ccccc1)Cc1cccs1)C(=O)c1cccc(F)c1. The van der Waals surface area contributed by atoms with Crippen LogP contribution in [-0.2, 0) is 17.9 Å². The van der Waals surface area contributed by atoms with Crippen molar-refractivity contribution in [2.24, 2.45) is 0 Å². The molecule has 3 aromatic rings. The number of hydrogen-bond donors (Lipinski definition) is 0. The number of amides is 2. The molecule has 156 valence electrons. The number of carbonyl (C=O) groups is 2. The molecule has 0 aliphatic heterocycles. The number of nitrogens with zero attached hydrogens (tertiary/aromatic N) is 2. The van der Waals surface area contributed by atoms with Crippen LogP contribution < -0.4 is 0 Å². The molecule has 1 heterocycles. The van der Waals surface area contributed by atoms with Gasteiger partial charge in [0.1, 0.15) is 12.4 Å². The zero-order valence-corrected chi connectivity index (χ0v) is 17.8. The van der Waals surface area contributed by atoms with E-state index in [1.54, 1.807) is 22.3 Å². The molecule has 2 aromatic carbocycles. The third-order valence-corrected chi connectivity index (χ3v) is 5.54. The van der Waals surface area contributed by atoms with Crippen LogP contribution in [0, 0.1) is 5.82 Å². The normalized spacial score (nSPS) is 10.6. The molecular weight excluding hydrogens is 399 g/mol. The fourth-order valence-electron chi connectivity index (χ4n) is 3.22. The molecule has 0 saturated carbocycles. The molecular formula is C24H25FN2O2S. The fraction of sp³-hybridized carbons (Fsp3) is 0.250. The Labute approximate surface area is 180 Å². The molecule has 0 aliphatic rings. The van der Waals surface area contributed by atoms with E-state index in [-0.39, 0.29) is 23.9 Å². The molecule has 6 heteroatoms. The van der Waals surface area contributed by atoms with Crippen molar-refractivity contribution >= 4 is 23.2 Å². The summed E-state index contributed by atoms with van der Waals surface area (Å²) in [6, 6.07) is 19.3.